The highest BCUT2D eigenvalue weighted by atomic mass is 32.2. The lowest BCUT2D eigenvalue weighted by Crippen LogP contribution is -2.25. The van der Waals surface area contributed by atoms with Crippen molar-refractivity contribution >= 4 is 17.7 Å². The number of aromatic nitrogens is 2. The van der Waals surface area contributed by atoms with Crippen LogP contribution < -0.4 is 10.9 Å². The molecule has 1 heterocycles. The summed E-state index contributed by atoms with van der Waals surface area (Å²) in [5.74, 6) is 0.223. The Morgan fingerprint density at radius 1 is 1.67 bits per heavy atom. The van der Waals surface area contributed by atoms with Gasteiger partial charge in [0.05, 0.1) is 5.75 Å². The van der Waals surface area contributed by atoms with Crippen molar-refractivity contribution in [1.29, 1.82) is 0 Å². The van der Waals surface area contributed by atoms with E-state index < -0.39 is 0 Å². The molecule has 0 unspecified atom stereocenters. The van der Waals surface area contributed by atoms with Crippen LogP contribution in [0.2, 0.25) is 0 Å². The summed E-state index contributed by atoms with van der Waals surface area (Å²) in [7, 11) is 0. The number of H-pyrrole nitrogens is 1. The van der Waals surface area contributed by atoms with Crippen LogP contribution in [-0.4, -0.2) is 28.2 Å². The van der Waals surface area contributed by atoms with E-state index in [2.05, 4.69) is 15.3 Å². The minimum Gasteiger partial charge on any atom is -0.355 e. The highest BCUT2D eigenvalue weighted by Gasteiger charge is 2.02. The lowest BCUT2D eigenvalue weighted by Gasteiger charge is -2.02. The molecule has 0 radical (unpaired) electrons. The van der Waals surface area contributed by atoms with E-state index in [4.69, 9.17) is 0 Å². The van der Waals surface area contributed by atoms with Crippen molar-refractivity contribution in [3.63, 3.8) is 0 Å². The maximum atomic E-state index is 11.2. The van der Waals surface area contributed by atoms with Gasteiger partial charge in [0.2, 0.25) is 5.91 Å². The molecule has 0 saturated heterocycles. The van der Waals surface area contributed by atoms with Crippen molar-refractivity contribution in [3.05, 3.63) is 22.6 Å². The molecule has 82 valence electrons. The first-order chi connectivity index (χ1) is 7.22. The average Bonchev–Trinajstić information content (AvgIpc) is 2.23. The third kappa shape index (κ3) is 4.64. The number of nitrogens with one attached hydrogen (secondary N) is 2. The quantitative estimate of drug-likeness (QED) is 0.563. The van der Waals surface area contributed by atoms with E-state index in [0.717, 1.165) is 6.42 Å². The third-order valence-electron chi connectivity index (χ3n) is 1.56. The van der Waals surface area contributed by atoms with Crippen molar-refractivity contribution in [2.45, 2.75) is 18.5 Å². The van der Waals surface area contributed by atoms with Crippen molar-refractivity contribution in [3.8, 4) is 0 Å². The molecule has 5 nitrogen and oxygen atoms in total. The Balaban J connectivity index is 2.37. The molecule has 0 saturated carbocycles. The van der Waals surface area contributed by atoms with Crippen LogP contribution in [0.15, 0.2) is 22.2 Å². The third-order valence-corrected chi connectivity index (χ3v) is 2.45. The lowest BCUT2D eigenvalue weighted by molar-refractivity contribution is -0.118. The molecule has 0 aliphatic rings. The summed E-state index contributed by atoms with van der Waals surface area (Å²) in [4.78, 5) is 28.6. The van der Waals surface area contributed by atoms with Crippen LogP contribution in [0.1, 0.15) is 13.3 Å². The molecule has 0 aliphatic heterocycles. The molecule has 1 aromatic rings. The Hall–Kier alpha value is -1.30. The minimum atomic E-state index is -0.207. The van der Waals surface area contributed by atoms with E-state index in [9.17, 15) is 9.59 Å². The lowest BCUT2D eigenvalue weighted by atomic mass is 10.5. The first kappa shape index (κ1) is 11.8. The summed E-state index contributed by atoms with van der Waals surface area (Å²) in [6, 6.07) is 1.33. The molecule has 0 atom stereocenters. The molecule has 0 aromatic carbocycles. The average molecular weight is 227 g/mol. The molecular formula is C9H13N3O2S. The fourth-order valence-electron chi connectivity index (χ4n) is 0.875. The number of thioether (sulfide) groups is 1. The first-order valence-corrected chi connectivity index (χ1v) is 5.65. The molecule has 1 aromatic heterocycles. The van der Waals surface area contributed by atoms with Gasteiger partial charge in [-0.15, -0.1) is 0 Å². The van der Waals surface area contributed by atoms with Gasteiger partial charge in [0, 0.05) is 18.8 Å². The van der Waals surface area contributed by atoms with Crippen molar-refractivity contribution in [2.75, 3.05) is 12.3 Å². The number of carbonyl (C=O) groups excluding carboxylic acids is 1. The van der Waals surface area contributed by atoms with Gasteiger partial charge in [0.1, 0.15) is 0 Å². The zero-order valence-corrected chi connectivity index (χ0v) is 9.26. The molecule has 15 heavy (non-hydrogen) atoms. The summed E-state index contributed by atoms with van der Waals surface area (Å²) < 4.78 is 0. The topological polar surface area (TPSA) is 74.8 Å². The maximum absolute atomic E-state index is 11.2. The second kappa shape index (κ2) is 6.23. The van der Waals surface area contributed by atoms with Gasteiger partial charge in [-0.05, 0) is 6.42 Å². The largest absolute Gasteiger partial charge is 0.355 e. The van der Waals surface area contributed by atoms with E-state index in [1.54, 1.807) is 0 Å². The minimum absolute atomic E-state index is 0.0478. The number of hydrogen-bond acceptors (Lipinski definition) is 4. The van der Waals surface area contributed by atoms with E-state index in [1.807, 2.05) is 6.92 Å². The van der Waals surface area contributed by atoms with Gasteiger partial charge in [-0.1, -0.05) is 18.7 Å². The van der Waals surface area contributed by atoms with Gasteiger partial charge in [-0.3, -0.25) is 9.59 Å². The van der Waals surface area contributed by atoms with Gasteiger partial charge in [0.15, 0.2) is 5.16 Å². The fraction of sp³-hybridized carbons (Fsp3) is 0.444. The van der Waals surface area contributed by atoms with E-state index in [1.165, 1.54) is 24.0 Å². The Bertz CT molecular complexity index is 378. The Morgan fingerprint density at radius 3 is 3.13 bits per heavy atom. The number of nitrogens with zero attached hydrogens (tertiary/aromatic N) is 1. The van der Waals surface area contributed by atoms with Crippen LogP contribution in [-0.2, 0) is 4.79 Å². The van der Waals surface area contributed by atoms with Crippen LogP contribution >= 0.6 is 11.8 Å². The standard InChI is InChI=1S/C9H13N3O2S/c1-2-4-10-8(14)6-15-9-11-5-3-7(13)12-9/h3,5H,2,4,6H2,1H3,(H,10,14)(H,11,12,13). The van der Waals surface area contributed by atoms with Crippen LogP contribution in [0, 0.1) is 0 Å². The number of rotatable bonds is 5. The molecule has 0 bridgehead atoms. The molecule has 1 amide bonds. The van der Waals surface area contributed by atoms with E-state index in [-0.39, 0.29) is 17.2 Å². The summed E-state index contributed by atoms with van der Waals surface area (Å²) in [5.41, 5.74) is -0.207. The Kier molecular flexibility index (Phi) is 4.89. The predicted molar refractivity (Wildman–Crippen MR) is 58.9 cm³/mol. The summed E-state index contributed by atoms with van der Waals surface area (Å²) in [6.07, 6.45) is 2.34. The van der Waals surface area contributed by atoms with Gasteiger partial charge in [0.25, 0.3) is 5.56 Å². The molecule has 0 fully saturated rings. The number of amides is 1. The summed E-state index contributed by atoms with van der Waals surface area (Å²) >= 11 is 1.21. The van der Waals surface area contributed by atoms with E-state index >= 15 is 0 Å². The molecule has 0 aliphatic carbocycles. The highest BCUT2D eigenvalue weighted by molar-refractivity contribution is 7.99. The highest BCUT2D eigenvalue weighted by Crippen LogP contribution is 2.08. The van der Waals surface area contributed by atoms with Crippen molar-refractivity contribution in [1.82, 2.24) is 15.3 Å². The van der Waals surface area contributed by atoms with Crippen molar-refractivity contribution in [2.24, 2.45) is 0 Å². The molecule has 2 N–H and O–H groups in total. The monoisotopic (exact) mass is 227 g/mol. The number of aromatic amines is 1. The maximum Gasteiger partial charge on any atom is 0.251 e. The zero-order chi connectivity index (χ0) is 11.1. The van der Waals surface area contributed by atoms with Crippen LogP contribution in [0.3, 0.4) is 0 Å². The van der Waals surface area contributed by atoms with Crippen LogP contribution in [0.4, 0.5) is 0 Å². The van der Waals surface area contributed by atoms with Crippen LogP contribution in [0.5, 0.6) is 0 Å². The molecule has 0 spiro atoms. The zero-order valence-electron chi connectivity index (χ0n) is 8.45. The second-order valence-electron chi connectivity index (χ2n) is 2.88. The van der Waals surface area contributed by atoms with E-state index in [0.29, 0.717) is 11.7 Å². The van der Waals surface area contributed by atoms with Gasteiger partial charge < -0.3 is 10.3 Å². The van der Waals surface area contributed by atoms with Gasteiger partial charge >= 0.3 is 0 Å². The van der Waals surface area contributed by atoms with Crippen molar-refractivity contribution < 1.29 is 4.79 Å². The Morgan fingerprint density at radius 2 is 2.47 bits per heavy atom. The number of carbonyl (C=O) groups is 1. The van der Waals surface area contributed by atoms with Crippen LogP contribution in [0.25, 0.3) is 0 Å². The fourth-order valence-corrected chi connectivity index (χ4v) is 1.55. The summed E-state index contributed by atoms with van der Waals surface area (Å²) in [5, 5.41) is 3.20. The van der Waals surface area contributed by atoms with Gasteiger partial charge in [-0.2, -0.15) is 0 Å². The molecular weight excluding hydrogens is 214 g/mol. The second-order valence-corrected chi connectivity index (χ2v) is 3.84. The number of hydrogen-bond donors (Lipinski definition) is 2. The molecule has 1 rings (SSSR count). The SMILES string of the molecule is CCCNC(=O)CSc1nccc(=O)[nH]1. The Labute approximate surface area is 91.7 Å². The summed E-state index contributed by atoms with van der Waals surface area (Å²) in [6.45, 7) is 2.67. The smallest absolute Gasteiger partial charge is 0.251 e. The molecule has 6 heteroatoms. The van der Waals surface area contributed by atoms with Gasteiger partial charge in [-0.25, -0.2) is 4.98 Å². The first-order valence-electron chi connectivity index (χ1n) is 4.67. The predicted octanol–water partition coefficient (Wildman–Crippen LogP) is 0.388. The normalized spacial score (nSPS) is 9.93.